The molecule has 1 heterocycles. The van der Waals surface area contributed by atoms with E-state index in [1.165, 1.54) is 23.9 Å². The summed E-state index contributed by atoms with van der Waals surface area (Å²) >= 11 is 1.54. The predicted octanol–water partition coefficient (Wildman–Crippen LogP) is 4.85. The largest absolute Gasteiger partial charge is 0.379 e. The van der Waals surface area contributed by atoms with Crippen LogP contribution in [-0.2, 0) is 9.53 Å². The Morgan fingerprint density at radius 2 is 1.53 bits per heavy atom. The number of hydrogen-bond donors (Lipinski definition) is 1. The summed E-state index contributed by atoms with van der Waals surface area (Å²) in [5, 5.41) is 2.81. The number of ether oxygens (including phenoxy) is 1. The Kier molecular flexibility index (Phi) is 7.93. The molecule has 32 heavy (non-hydrogen) atoms. The summed E-state index contributed by atoms with van der Waals surface area (Å²) in [4.78, 5) is 16.7. The van der Waals surface area contributed by atoms with E-state index in [1.807, 2.05) is 60.7 Å². The van der Waals surface area contributed by atoms with E-state index in [2.05, 4.69) is 10.2 Å². The van der Waals surface area contributed by atoms with Gasteiger partial charge in [-0.2, -0.15) is 0 Å². The lowest BCUT2D eigenvalue weighted by Gasteiger charge is -2.35. The summed E-state index contributed by atoms with van der Waals surface area (Å²) in [5.74, 6) is -0.299. The fourth-order valence-corrected chi connectivity index (χ4v) is 4.93. The van der Waals surface area contributed by atoms with Gasteiger partial charge in [0, 0.05) is 24.5 Å². The minimum Gasteiger partial charge on any atom is -0.379 e. The molecule has 0 aromatic heterocycles. The van der Waals surface area contributed by atoms with Crippen LogP contribution in [0.4, 0.5) is 4.39 Å². The summed E-state index contributed by atoms with van der Waals surface area (Å²) in [6.45, 7) is 3.31. The highest BCUT2D eigenvalue weighted by atomic mass is 32.2. The molecule has 166 valence electrons. The highest BCUT2D eigenvalue weighted by molar-refractivity contribution is 8.00. The van der Waals surface area contributed by atoms with Crippen molar-refractivity contribution in [2.75, 3.05) is 32.8 Å². The highest BCUT2D eigenvalue weighted by Crippen LogP contribution is 2.35. The van der Waals surface area contributed by atoms with Crippen molar-refractivity contribution in [3.05, 3.63) is 102 Å². The van der Waals surface area contributed by atoms with Gasteiger partial charge in [0.2, 0.25) is 5.91 Å². The van der Waals surface area contributed by atoms with Crippen molar-refractivity contribution >= 4 is 17.7 Å². The van der Waals surface area contributed by atoms with Crippen LogP contribution in [0.5, 0.6) is 0 Å². The lowest BCUT2D eigenvalue weighted by atomic mass is 10.0. The summed E-state index contributed by atoms with van der Waals surface area (Å²) in [6.07, 6.45) is 0. The van der Waals surface area contributed by atoms with Crippen LogP contribution in [0.15, 0.2) is 89.8 Å². The first-order chi connectivity index (χ1) is 15.7. The van der Waals surface area contributed by atoms with Gasteiger partial charge in [0.1, 0.15) is 11.1 Å². The van der Waals surface area contributed by atoms with E-state index >= 15 is 0 Å². The van der Waals surface area contributed by atoms with Crippen LogP contribution in [0.1, 0.15) is 22.4 Å². The van der Waals surface area contributed by atoms with Gasteiger partial charge < -0.3 is 10.1 Å². The molecule has 0 aliphatic carbocycles. The van der Waals surface area contributed by atoms with Gasteiger partial charge in [-0.3, -0.25) is 9.69 Å². The summed E-state index contributed by atoms with van der Waals surface area (Å²) < 4.78 is 19.0. The Morgan fingerprint density at radius 1 is 0.906 bits per heavy atom. The van der Waals surface area contributed by atoms with Gasteiger partial charge in [0.25, 0.3) is 0 Å². The van der Waals surface area contributed by atoms with E-state index in [-0.39, 0.29) is 23.0 Å². The number of nitrogens with zero attached hydrogens (tertiary/aromatic N) is 1. The molecule has 6 heteroatoms. The number of halogens is 1. The van der Waals surface area contributed by atoms with Gasteiger partial charge in [-0.1, -0.05) is 60.7 Å². The molecule has 3 aromatic rings. The van der Waals surface area contributed by atoms with Crippen LogP contribution < -0.4 is 5.32 Å². The van der Waals surface area contributed by atoms with E-state index in [0.29, 0.717) is 19.8 Å². The molecule has 2 atom stereocenters. The topological polar surface area (TPSA) is 41.6 Å². The molecule has 4 nitrogen and oxygen atoms in total. The molecule has 0 radical (unpaired) electrons. The van der Waals surface area contributed by atoms with E-state index in [9.17, 15) is 9.18 Å². The van der Waals surface area contributed by atoms with Crippen molar-refractivity contribution in [3.8, 4) is 0 Å². The quantitative estimate of drug-likeness (QED) is 0.498. The Labute approximate surface area is 192 Å². The number of hydrogen-bond acceptors (Lipinski definition) is 4. The van der Waals surface area contributed by atoms with Crippen molar-refractivity contribution in [3.63, 3.8) is 0 Å². The van der Waals surface area contributed by atoms with E-state index < -0.39 is 0 Å². The molecule has 0 saturated carbocycles. The molecule has 1 aliphatic heterocycles. The maximum absolute atomic E-state index is 13.5. The van der Waals surface area contributed by atoms with Crippen LogP contribution in [0.3, 0.4) is 0 Å². The number of amides is 1. The number of benzene rings is 3. The van der Waals surface area contributed by atoms with Gasteiger partial charge >= 0.3 is 0 Å². The van der Waals surface area contributed by atoms with Crippen LogP contribution in [0, 0.1) is 5.82 Å². The molecule has 1 saturated heterocycles. The van der Waals surface area contributed by atoms with Crippen molar-refractivity contribution in [2.24, 2.45) is 0 Å². The van der Waals surface area contributed by atoms with Gasteiger partial charge in [0.05, 0.1) is 19.3 Å². The van der Waals surface area contributed by atoms with Gasteiger partial charge in [0.15, 0.2) is 0 Å². The predicted molar refractivity (Wildman–Crippen MR) is 126 cm³/mol. The zero-order chi connectivity index (χ0) is 22.2. The van der Waals surface area contributed by atoms with Crippen molar-refractivity contribution in [1.29, 1.82) is 0 Å². The van der Waals surface area contributed by atoms with Crippen molar-refractivity contribution < 1.29 is 13.9 Å². The molecular formula is C26H27FN2O2S. The normalized spacial score (nSPS) is 16.3. The Balaban J connectivity index is 1.52. The van der Waals surface area contributed by atoms with Gasteiger partial charge in [-0.25, -0.2) is 4.39 Å². The third kappa shape index (κ3) is 5.97. The second-order valence-electron chi connectivity index (χ2n) is 7.68. The Hall–Kier alpha value is -2.67. The zero-order valence-electron chi connectivity index (χ0n) is 17.8. The van der Waals surface area contributed by atoms with E-state index in [1.54, 1.807) is 12.1 Å². The second kappa shape index (κ2) is 11.3. The van der Waals surface area contributed by atoms with Crippen molar-refractivity contribution in [2.45, 2.75) is 16.2 Å². The first-order valence-electron chi connectivity index (χ1n) is 10.8. The minimum absolute atomic E-state index is 0.0366. The SMILES string of the molecule is O=C(NC[C@@H](c1ccc(F)cc1)N1CCOCC1)[C@H](Sc1ccccc1)c1ccccc1. The number of carbonyl (C=O) groups excluding carboxylic acids is 1. The average molecular weight is 451 g/mol. The second-order valence-corrected chi connectivity index (χ2v) is 8.86. The molecule has 1 fully saturated rings. The number of nitrogens with one attached hydrogen (secondary N) is 1. The lowest BCUT2D eigenvalue weighted by molar-refractivity contribution is -0.121. The minimum atomic E-state index is -0.364. The Morgan fingerprint density at radius 3 is 2.19 bits per heavy atom. The summed E-state index contributed by atoms with van der Waals surface area (Å²) in [6, 6.07) is 26.3. The van der Waals surface area contributed by atoms with E-state index in [0.717, 1.165) is 29.1 Å². The smallest absolute Gasteiger partial charge is 0.238 e. The fraction of sp³-hybridized carbons (Fsp3) is 0.269. The third-order valence-corrected chi connectivity index (χ3v) is 6.81. The fourth-order valence-electron chi connectivity index (χ4n) is 3.86. The number of morpholine rings is 1. The third-order valence-electron chi connectivity index (χ3n) is 5.55. The van der Waals surface area contributed by atoms with Crippen molar-refractivity contribution in [1.82, 2.24) is 10.2 Å². The maximum atomic E-state index is 13.5. The molecule has 0 unspecified atom stereocenters. The molecule has 4 rings (SSSR count). The van der Waals surface area contributed by atoms with Gasteiger partial charge in [-0.05, 0) is 35.4 Å². The van der Waals surface area contributed by atoms with Crippen LogP contribution in [0.25, 0.3) is 0 Å². The van der Waals surface area contributed by atoms with Crippen LogP contribution >= 0.6 is 11.8 Å². The first kappa shape index (κ1) is 22.5. The molecule has 0 bridgehead atoms. The lowest BCUT2D eigenvalue weighted by Crippen LogP contribution is -2.44. The first-order valence-corrected chi connectivity index (χ1v) is 11.7. The summed E-state index contributed by atoms with van der Waals surface area (Å²) in [5.41, 5.74) is 1.95. The average Bonchev–Trinajstić information content (AvgIpc) is 2.85. The van der Waals surface area contributed by atoms with E-state index in [4.69, 9.17) is 4.74 Å². The standard InChI is InChI=1S/C26H27FN2O2S/c27-22-13-11-20(12-14-22)24(29-15-17-31-18-16-29)19-28-26(30)25(21-7-3-1-4-8-21)32-23-9-5-2-6-10-23/h1-14,24-25H,15-19H2,(H,28,30)/t24-,25+/m0/s1. The van der Waals surface area contributed by atoms with Crippen LogP contribution in [0.2, 0.25) is 0 Å². The maximum Gasteiger partial charge on any atom is 0.238 e. The summed E-state index contributed by atoms with van der Waals surface area (Å²) in [7, 11) is 0. The highest BCUT2D eigenvalue weighted by Gasteiger charge is 2.26. The molecule has 1 N–H and O–H groups in total. The molecule has 1 aliphatic rings. The number of rotatable bonds is 8. The molecule has 1 amide bonds. The zero-order valence-corrected chi connectivity index (χ0v) is 18.6. The van der Waals surface area contributed by atoms with Crippen LogP contribution in [-0.4, -0.2) is 43.7 Å². The Bertz CT molecular complexity index is 980. The molecular weight excluding hydrogens is 423 g/mol. The monoisotopic (exact) mass is 450 g/mol. The molecule has 3 aromatic carbocycles. The molecule has 0 spiro atoms. The number of carbonyl (C=O) groups is 1. The number of thioether (sulfide) groups is 1. The van der Waals surface area contributed by atoms with Gasteiger partial charge in [-0.15, -0.1) is 11.8 Å².